The second-order valence-electron chi connectivity index (χ2n) is 14.2. The van der Waals surface area contributed by atoms with Crippen LogP contribution in [0.2, 0.25) is 0 Å². The van der Waals surface area contributed by atoms with Gasteiger partial charge < -0.3 is 20.6 Å². The van der Waals surface area contributed by atoms with E-state index in [2.05, 4.69) is 19.2 Å². The summed E-state index contributed by atoms with van der Waals surface area (Å²) in [5.41, 5.74) is 0. The van der Waals surface area contributed by atoms with Crippen LogP contribution in [0.4, 0.5) is 0 Å². The van der Waals surface area contributed by atoms with Crippen molar-refractivity contribution in [3.8, 4) is 0 Å². The van der Waals surface area contributed by atoms with Crippen LogP contribution in [0.15, 0.2) is 24.3 Å². The van der Waals surface area contributed by atoms with E-state index in [1.54, 1.807) is 6.08 Å². The lowest BCUT2D eigenvalue weighted by atomic mass is 10.0. The van der Waals surface area contributed by atoms with Crippen LogP contribution < -0.4 is 5.32 Å². The summed E-state index contributed by atoms with van der Waals surface area (Å²) in [6, 6.07) is -0.825. The molecule has 5 nitrogen and oxygen atoms in total. The van der Waals surface area contributed by atoms with Crippen molar-refractivity contribution in [2.75, 3.05) is 6.61 Å². The Hall–Kier alpha value is -1.17. The molecule has 0 saturated carbocycles. The van der Waals surface area contributed by atoms with E-state index in [1.807, 2.05) is 12.2 Å². The lowest BCUT2D eigenvalue weighted by Crippen LogP contribution is -2.48. The van der Waals surface area contributed by atoms with Gasteiger partial charge in [-0.05, 0) is 25.7 Å². The zero-order valence-corrected chi connectivity index (χ0v) is 31.4. The maximum Gasteiger partial charge on any atom is 0.253 e. The van der Waals surface area contributed by atoms with Crippen LogP contribution in [0, 0.1) is 0 Å². The van der Waals surface area contributed by atoms with E-state index in [-0.39, 0.29) is 6.61 Å². The van der Waals surface area contributed by atoms with E-state index < -0.39 is 24.2 Å². The van der Waals surface area contributed by atoms with Gasteiger partial charge in [0.25, 0.3) is 5.91 Å². The first-order valence-electron chi connectivity index (χ1n) is 20.7. The average Bonchev–Trinajstić information content (AvgIpc) is 3.07. The van der Waals surface area contributed by atoms with Crippen molar-refractivity contribution in [3.63, 3.8) is 0 Å². The van der Waals surface area contributed by atoms with E-state index in [0.29, 0.717) is 0 Å². The Kier molecular flexibility index (Phi) is 36.7. The summed E-state index contributed by atoms with van der Waals surface area (Å²) >= 11 is 0. The third-order valence-corrected chi connectivity index (χ3v) is 9.56. The van der Waals surface area contributed by atoms with Gasteiger partial charge in [0, 0.05) is 0 Å². The molecule has 0 bridgehead atoms. The topological polar surface area (TPSA) is 89.8 Å². The Labute approximate surface area is 292 Å². The van der Waals surface area contributed by atoms with Crippen LogP contribution in [0.25, 0.3) is 0 Å². The number of amides is 1. The molecule has 0 unspecified atom stereocenters. The molecule has 0 saturated heterocycles. The molecular formula is C42H81NO4. The molecule has 0 radical (unpaired) electrons. The van der Waals surface area contributed by atoms with Crippen molar-refractivity contribution in [1.29, 1.82) is 0 Å². The van der Waals surface area contributed by atoms with Crippen molar-refractivity contribution < 1.29 is 20.1 Å². The molecule has 5 heteroatoms. The fourth-order valence-corrected chi connectivity index (χ4v) is 6.28. The average molecular weight is 664 g/mol. The standard InChI is InChI=1S/C42H81NO4/c1-3-5-7-9-11-13-15-17-19-21-23-25-27-29-31-33-35-37-41(46)42(47)43-39(38-44)40(45)36-34-32-30-28-26-24-22-20-18-16-14-12-10-8-6-4-2/h34-37,39-41,44-46H,3-33,38H2,1-2H3,(H,43,47)/b36-34+,37-35+/t39-,40+,41+/m1/s1. The van der Waals surface area contributed by atoms with Crippen molar-refractivity contribution in [1.82, 2.24) is 5.32 Å². The van der Waals surface area contributed by atoms with Gasteiger partial charge in [-0.3, -0.25) is 4.79 Å². The number of aliphatic hydroxyl groups excluding tert-OH is 3. The molecule has 0 heterocycles. The van der Waals surface area contributed by atoms with Gasteiger partial charge in [-0.1, -0.05) is 212 Å². The van der Waals surface area contributed by atoms with Crippen LogP contribution in [-0.2, 0) is 4.79 Å². The largest absolute Gasteiger partial charge is 0.394 e. The summed E-state index contributed by atoms with van der Waals surface area (Å²) in [6.07, 6.45) is 45.1. The molecule has 4 N–H and O–H groups in total. The van der Waals surface area contributed by atoms with Crippen LogP contribution in [0.3, 0.4) is 0 Å². The molecule has 0 aromatic rings. The summed E-state index contributed by atoms with van der Waals surface area (Å²) in [6.45, 7) is 4.16. The van der Waals surface area contributed by atoms with Gasteiger partial charge in [0.15, 0.2) is 6.10 Å². The van der Waals surface area contributed by atoms with Gasteiger partial charge in [-0.25, -0.2) is 0 Å². The molecule has 0 spiro atoms. The molecule has 47 heavy (non-hydrogen) atoms. The zero-order valence-electron chi connectivity index (χ0n) is 31.4. The van der Waals surface area contributed by atoms with Gasteiger partial charge in [0.05, 0.1) is 18.8 Å². The second-order valence-corrected chi connectivity index (χ2v) is 14.2. The number of nitrogens with one attached hydrogen (secondary N) is 1. The third-order valence-electron chi connectivity index (χ3n) is 9.56. The van der Waals surface area contributed by atoms with Crippen molar-refractivity contribution in [2.24, 2.45) is 0 Å². The highest BCUT2D eigenvalue weighted by molar-refractivity contribution is 5.82. The zero-order chi connectivity index (χ0) is 34.5. The number of hydrogen-bond acceptors (Lipinski definition) is 4. The lowest BCUT2D eigenvalue weighted by molar-refractivity contribution is -0.128. The summed E-state index contributed by atoms with van der Waals surface area (Å²) in [5.74, 6) is -0.587. The SMILES string of the molecule is CCCCCCCCCCCCCCCC/C=C/[C@H](O)[C@@H](CO)NC(=O)[C@@H](O)/C=C/CCCCCCCCCCCCCCCCC. The Morgan fingerprint density at radius 1 is 0.489 bits per heavy atom. The predicted octanol–water partition coefficient (Wildman–Crippen LogP) is 11.4. The van der Waals surface area contributed by atoms with Gasteiger partial charge in [0.2, 0.25) is 0 Å². The number of carbonyl (C=O) groups is 1. The first kappa shape index (κ1) is 45.8. The minimum Gasteiger partial charge on any atom is -0.394 e. The summed E-state index contributed by atoms with van der Waals surface area (Å²) in [5, 5.41) is 32.9. The monoisotopic (exact) mass is 664 g/mol. The molecule has 0 aromatic carbocycles. The van der Waals surface area contributed by atoms with Gasteiger partial charge in [-0.2, -0.15) is 0 Å². The Bertz CT molecular complexity index is 694. The Balaban J connectivity index is 3.74. The minimum absolute atomic E-state index is 0.383. The normalized spacial score (nSPS) is 13.9. The molecule has 1 amide bonds. The van der Waals surface area contributed by atoms with Gasteiger partial charge in [-0.15, -0.1) is 0 Å². The predicted molar refractivity (Wildman–Crippen MR) is 204 cm³/mol. The highest BCUT2D eigenvalue weighted by Gasteiger charge is 2.21. The molecule has 0 aliphatic carbocycles. The number of rotatable bonds is 37. The van der Waals surface area contributed by atoms with Crippen molar-refractivity contribution in [3.05, 3.63) is 24.3 Å². The van der Waals surface area contributed by atoms with E-state index in [0.717, 1.165) is 25.7 Å². The van der Waals surface area contributed by atoms with Crippen LogP contribution in [-0.4, -0.2) is 46.1 Å². The first-order chi connectivity index (χ1) is 23.1. The molecule has 278 valence electrons. The number of unbranched alkanes of at least 4 members (excludes halogenated alkanes) is 29. The molecule has 0 aromatic heterocycles. The van der Waals surface area contributed by atoms with Crippen molar-refractivity contribution >= 4 is 5.91 Å². The maximum atomic E-state index is 12.4. The van der Waals surface area contributed by atoms with Crippen LogP contribution >= 0.6 is 0 Å². The van der Waals surface area contributed by atoms with E-state index in [9.17, 15) is 20.1 Å². The molecule has 0 fully saturated rings. The summed E-state index contributed by atoms with van der Waals surface area (Å²) < 4.78 is 0. The van der Waals surface area contributed by atoms with E-state index in [4.69, 9.17) is 0 Å². The number of allylic oxidation sites excluding steroid dienone is 2. The number of aliphatic hydroxyl groups is 3. The third kappa shape index (κ3) is 33.1. The van der Waals surface area contributed by atoms with E-state index >= 15 is 0 Å². The minimum atomic E-state index is -1.27. The molecule has 3 atom stereocenters. The molecule has 0 aliphatic rings. The first-order valence-corrected chi connectivity index (χ1v) is 20.7. The van der Waals surface area contributed by atoms with Crippen LogP contribution in [0.1, 0.15) is 213 Å². The molecular weight excluding hydrogens is 582 g/mol. The fourth-order valence-electron chi connectivity index (χ4n) is 6.28. The number of hydrogen-bond donors (Lipinski definition) is 4. The fraction of sp³-hybridized carbons (Fsp3) is 0.881. The van der Waals surface area contributed by atoms with E-state index in [1.165, 1.54) is 179 Å². The summed E-state index contributed by atoms with van der Waals surface area (Å²) in [4.78, 5) is 12.4. The highest BCUT2D eigenvalue weighted by atomic mass is 16.3. The van der Waals surface area contributed by atoms with Gasteiger partial charge >= 0.3 is 0 Å². The van der Waals surface area contributed by atoms with Crippen LogP contribution in [0.5, 0.6) is 0 Å². The van der Waals surface area contributed by atoms with Crippen molar-refractivity contribution in [2.45, 2.75) is 231 Å². The Morgan fingerprint density at radius 2 is 0.787 bits per heavy atom. The maximum absolute atomic E-state index is 12.4. The second kappa shape index (κ2) is 37.6. The lowest BCUT2D eigenvalue weighted by Gasteiger charge is -2.20. The smallest absolute Gasteiger partial charge is 0.253 e. The highest BCUT2D eigenvalue weighted by Crippen LogP contribution is 2.15. The summed E-state index contributed by atoms with van der Waals surface area (Å²) in [7, 11) is 0. The quantitative estimate of drug-likeness (QED) is 0.0393. The Morgan fingerprint density at radius 3 is 1.11 bits per heavy atom. The number of carbonyl (C=O) groups excluding carboxylic acids is 1. The molecule has 0 rings (SSSR count). The van der Waals surface area contributed by atoms with Gasteiger partial charge in [0.1, 0.15) is 0 Å². The molecule has 0 aliphatic heterocycles.